The Morgan fingerprint density at radius 1 is 1.14 bits per heavy atom. The molecule has 2 unspecified atom stereocenters. The fourth-order valence-electron chi connectivity index (χ4n) is 3.24. The zero-order valence-electron chi connectivity index (χ0n) is 12.6. The van der Waals surface area contributed by atoms with Gasteiger partial charge in [-0.25, -0.2) is 4.98 Å². The lowest BCUT2D eigenvalue weighted by atomic mass is 9.92. The molecule has 0 spiro atoms. The van der Waals surface area contributed by atoms with Gasteiger partial charge in [-0.1, -0.05) is 32.0 Å². The minimum absolute atomic E-state index is 0.0785. The predicted octanol–water partition coefficient (Wildman–Crippen LogP) is 2.99. The highest BCUT2D eigenvalue weighted by Crippen LogP contribution is 2.23. The summed E-state index contributed by atoms with van der Waals surface area (Å²) < 4.78 is 1.87. The molecule has 21 heavy (non-hydrogen) atoms. The minimum atomic E-state index is 0.0785. The molecule has 2 aromatic rings. The summed E-state index contributed by atoms with van der Waals surface area (Å²) in [6.07, 6.45) is 4.57. The molecule has 2 heterocycles. The summed E-state index contributed by atoms with van der Waals surface area (Å²) in [6.45, 7) is 6.10. The Hall–Kier alpha value is -2.10. The van der Waals surface area contributed by atoms with Gasteiger partial charge in [0.1, 0.15) is 5.69 Å². The molecule has 3 rings (SSSR count). The van der Waals surface area contributed by atoms with Gasteiger partial charge in [-0.2, -0.15) is 0 Å². The molecule has 1 aromatic carbocycles. The fourth-order valence-corrected chi connectivity index (χ4v) is 3.24. The Kier molecular flexibility index (Phi) is 3.78. The van der Waals surface area contributed by atoms with E-state index in [1.54, 1.807) is 12.5 Å². The number of carbonyl (C=O) groups excluding carboxylic acids is 1. The molecule has 1 aromatic heterocycles. The number of piperidine rings is 1. The first-order valence-corrected chi connectivity index (χ1v) is 7.52. The van der Waals surface area contributed by atoms with Crippen LogP contribution < -0.4 is 0 Å². The molecule has 4 nitrogen and oxygen atoms in total. The third-order valence-electron chi connectivity index (χ3n) is 4.05. The summed E-state index contributed by atoms with van der Waals surface area (Å²) in [7, 11) is 0. The Labute approximate surface area is 125 Å². The maximum Gasteiger partial charge on any atom is 0.272 e. The quantitative estimate of drug-likeness (QED) is 0.850. The average molecular weight is 283 g/mol. The summed E-state index contributed by atoms with van der Waals surface area (Å²) in [6, 6.07) is 9.87. The maximum atomic E-state index is 12.8. The number of carbonyl (C=O) groups is 1. The number of hydrogen-bond donors (Lipinski definition) is 0. The second kappa shape index (κ2) is 5.72. The topological polar surface area (TPSA) is 38.1 Å². The number of hydrogen-bond acceptors (Lipinski definition) is 2. The first-order chi connectivity index (χ1) is 10.1. The number of benzene rings is 1. The van der Waals surface area contributed by atoms with Crippen LogP contribution in [0.4, 0.5) is 0 Å². The van der Waals surface area contributed by atoms with E-state index in [-0.39, 0.29) is 5.91 Å². The van der Waals surface area contributed by atoms with Gasteiger partial charge >= 0.3 is 0 Å². The molecular weight excluding hydrogens is 262 g/mol. The molecule has 1 amide bonds. The number of imidazole rings is 1. The van der Waals surface area contributed by atoms with Crippen LogP contribution in [0.3, 0.4) is 0 Å². The highest BCUT2D eigenvalue weighted by Gasteiger charge is 2.27. The van der Waals surface area contributed by atoms with Gasteiger partial charge in [-0.05, 0) is 30.4 Å². The Morgan fingerprint density at radius 3 is 2.48 bits per heavy atom. The van der Waals surface area contributed by atoms with Gasteiger partial charge in [0.15, 0.2) is 0 Å². The molecule has 4 heteroatoms. The van der Waals surface area contributed by atoms with Gasteiger partial charge in [0.2, 0.25) is 0 Å². The monoisotopic (exact) mass is 283 g/mol. The number of aromatic nitrogens is 2. The molecule has 0 radical (unpaired) electrons. The molecular formula is C17H21N3O. The number of rotatable bonds is 2. The zero-order chi connectivity index (χ0) is 14.8. The number of amides is 1. The second-order valence-corrected chi connectivity index (χ2v) is 6.14. The lowest BCUT2D eigenvalue weighted by Gasteiger charge is -2.35. The van der Waals surface area contributed by atoms with Crippen molar-refractivity contribution in [2.24, 2.45) is 11.8 Å². The van der Waals surface area contributed by atoms with Gasteiger partial charge in [-0.15, -0.1) is 0 Å². The highest BCUT2D eigenvalue weighted by molar-refractivity contribution is 5.93. The van der Waals surface area contributed by atoms with Crippen molar-refractivity contribution in [3.05, 3.63) is 48.5 Å². The third-order valence-corrected chi connectivity index (χ3v) is 4.05. The van der Waals surface area contributed by atoms with Crippen LogP contribution in [0.5, 0.6) is 0 Å². The lowest BCUT2D eigenvalue weighted by Crippen LogP contribution is -2.43. The molecule has 1 aliphatic rings. The molecule has 1 saturated heterocycles. The Morgan fingerprint density at radius 2 is 1.81 bits per heavy atom. The van der Waals surface area contributed by atoms with Crippen molar-refractivity contribution in [1.29, 1.82) is 0 Å². The van der Waals surface area contributed by atoms with E-state index >= 15 is 0 Å². The van der Waals surface area contributed by atoms with E-state index in [0.29, 0.717) is 17.5 Å². The molecule has 2 atom stereocenters. The summed E-state index contributed by atoms with van der Waals surface area (Å²) in [5, 5.41) is 0. The first kappa shape index (κ1) is 13.9. The summed E-state index contributed by atoms with van der Waals surface area (Å²) in [5.74, 6) is 1.20. The van der Waals surface area contributed by atoms with E-state index in [4.69, 9.17) is 0 Å². The Balaban J connectivity index is 1.88. The van der Waals surface area contributed by atoms with Crippen LogP contribution in [0.15, 0.2) is 42.9 Å². The third kappa shape index (κ3) is 2.84. The normalized spacial score (nSPS) is 22.3. The highest BCUT2D eigenvalue weighted by atomic mass is 16.2. The van der Waals surface area contributed by atoms with Crippen molar-refractivity contribution < 1.29 is 4.79 Å². The van der Waals surface area contributed by atoms with Gasteiger partial charge in [-0.3, -0.25) is 9.36 Å². The van der Waals surface area contributed by atoms with E-state index in [0.717, 1.165) is 18.8 Å². The van der Waals surface area contributed by atoms with Gasteiger partial charge in [0.05, 0.1) is 12.5 Å². The van der Waals surface area contributed by atoms with Crippen molar-refractivity contribution in [2.45, 2.75) is 20.3 Å². The van der Waals surface area contributed by atoms with Crippen LogP contribution in [0.2, 0.25) is 0 Å². The van der Waals surface area contributed by atoms with Crippen LogP contribution >= 0.6 is 0 Å². The lowest BCUT2D eigenvalue weighted by molar-refractivity contribution is 0.0615. The average Bonchev–Trinajstić information content (AvgIpc) is 2.95. The first-order valence-electron chi connectivity index (χ1n) is 7.52. The van der Waals surface area contributed by atoms with E-state index in [1.165, 1.54) is 6.42 Å². The molecule has 0 saturated carbocycles. The SMILES string of the molecule is CC1CC(C)CN(C(=O)c2cncn2-c2ccccc2)C1. The molecule has 0 bridgehead atoms. The van der Waals surface area contributed by atoms with Crippen molar-refractivity contribution >= 4 is 5.91 Å². The van der Waals surface area contributed by atoms with Crippen molar-refractivity contribution in [1.82, 2.24) is 14.5 Å². The predicted molar refractivity (Wildman–Crippen MR) is 82.4 cm³/mol. The van der Waals surface area contributed by atoms with Crippen molar-refractivity contribution in [2.75, 3.05) is 13.1 Å². The number of likely N-dealkylation sites (tertiary alicyclic amines) is 1. The second-order valence-electron chi connectivity index (χ2n) is 6.14. The largest absolute Gasteiger partial charge is 0.337 e. The van der Waals surface area contributed by atoms with E-state index in [1.807, 2.05) is 39.8 Å². The van der Waals surface area contributed by atoms with Crippen LogP contribution in [-0.4, -0.2) is 33.4 Å². The molecule has 0 N–H and O–H groups in total. The van der Waals surface area contributed by atoms with E-state index in [2.05, 4.69) is 18.8 Å². The Bertz CT molecular complexity index is 610. The standard InChI is InChI=1S/C17H21N3O/c1-13-8-14(2)11-19(10-13)17(21)16-9-18-12-20(16)15-6-4-3-5-7-15/h3-7,9,12-14H,8,10-11H2,1-2H3. The van der Waals surface area contributed by atoms with Crippen LogP contribution in [-0.2, 0) is 0 Å². The van der Waals surface area contributed by atoms with Gasteiger partial charge < -0.3 is 4.90 Å². The minimum Gasteiger partial charge on any atom is -0.337 e. The molecule has 0 aliphatic carbocycles. The van der Waals surface area contributed by atoms with E-state index < -0.39 is 0 Å². The van der Waals surface area contributed by atoms with Crippen molar-refractivity contribution in [3.8, 4) is 5.69 Å². The zero-order valence-corrected chi connectivity index (χ0v) is 12.6. The number of para-hydroxylation sites is 1. The van der Waals surface area contributed by atoms with Crippen LogP contribution in [0.25, 0.3) is 5.69 Å². The summed E-state index contributed by atoms with van der Waals surface area (Å²) in [4.78, 5) is 18.9. The maximum absolute atomic E-state index is 12.8. The molecule has 110 valence electrons. The summed E-state index contributed by atoms with van der Waals surface area (Å²) >= 11 is 0. The van der Waals surface area contributed by atoms with E-state index in [9.17, 15) is 4.79 Å². The molecule has 1 aliphatic heterocycles. The number of nitrogens with zero attached hydrogens (tertiary/aromatic N) is 3. The van der Waals surface area contributed by atoms with Gasteiger partial charge in [0, 0.05) is 18.8 Å². The molecule has 1 fully saturated rings. The van der Waals surface area contributed by atoms with Crippen molar-refractivity contribution in [3.63, 3.8) is 0 Å². The fraction of sp³-hybridized carbons (Fsp3) is 0.412. The van der Waals surface area contributed by atoms with Crippen LogP contribution in [0, 0.1) is 11.8 Å². The smallest absolute Gasteiger partial charge is 0.272 e. The van der Waals surface area contributed by atoms with Gasteiger partial charge in [0.25, 0.3) is 5.91 Å². The van der Waals surface area contributed by atoms with Crippen LogP contribution in [0.1, 0.15) is 30.8 Å². The summed E-state index contributed by atoms with van der Waals surface area (Å²) in [5.41, 5.74) is 1.61.